The van der Waals surface area contributed by atoms with Gasteiger partial charge in [-0.2, -0.15) is 9.98 Å². The number of benzene rings is 5. The van der Waals surface area contributed by atoms with Crippen molar-refractivity contribution in [2.45, 2.75) is 0 Å². The Morgan fingerprint density at radius 3 is 1.92 bits per heavy atom. The van der Waals surface area contributed by atoms with Gasteiger partial charge in [0.2, 0.25) is 0 Å². The molecule has 0 aromatic heterocycles. The SMILES string of the molecule is O=P1(Nc2ccc(N[P+]3(O)Oc4ccccc4-c4ccccc43)cc2)Oc2ccccc2-c2ccccc21. The zero-order valence-electron chi connectivity index (χ0n) is 20.1. The van der Waals surface area contributed by atoms with Crippen molar-refractivity contribution in [2.75, 3.05) is 10.2 Å². The summed E-state index contributed by atoms with van der Waals surface area (Å²) in [4.78, 5) is 11.7. The lowest BCUT2D eigenvalue weighted by atomic mass is 10.0. The van der Waals surface area contributed by atoms with E-state index in [9.17, 15) is 9.46 Å². The van der Waals surface area contributed by atoms with Gasteiger partial charge in [0, 0.05) is 27.9 Å². The maximum atomic E-state index is 14.1. The fourth-order valence-corrected chi connectivity index (χ4v) is 8.97. The Morgan fingerprint density at radius 2 is 1.16 bits per heavy atom. The largest absolute Gasteiger partial charge is 0.449 e. The minimum atomic E-state index is -3.44. The first-order chi connectivity index (χ1) is 18.5. The summed E-state index contributed by atoms with van der Waals surface area (Å²) >= 11 is 0. The van der Waals surface area contributed by atoms with Crippen molar-refractivity contribution >= 4 is 37.4 Å². The van der Waals surface area contributed by atoms with E-state index in [4.69, 9.17) is 9.05 Å². The van der Waals surface area contributed by atoms with Gasteiger partial charge in [-0.15, -0.1) is 0 Å². The molecule has 6 nitrogen and oxygen atoms in total. The van der Waals surface area contributed by atoms with Gasteiger partial charge in [-0.05, 0) is 54.6 Å². The smallest absolute Gasteiger partial charge is 0.425 e. The number of nitrogens with one attached hydrogen (secondary N) is 2. The molecule has 2 unspecified atom stereocenters. The van der Waals surface area contributed by atoms with E-state index in [1.54, 1.807) is 0 Å². The van der Waals surface area contributed by atoms with E-state index in [-0.39, 0.29) is 0 Å². The van der Waals surface area contributed by atoms with Gasteiger partial charge in [0.05, 0.1) is 11.0 Å². The van der Waals surface area contributed by atoms with E-state index in [1.807, 2.05) is 121 Å². The summed E-state index contributed by atoms with van der Waals surface area (Å²) in [5.74, 6) is 1.22. The molecule has 2 aliphatic rings. The van der Waals surface area contributed by atoms with Crippen molar-refractivity contribution < 1.29 is 18.5 Å². The Kier molecular flexibility index (Phi) is 5.31. The van der Waals surface area contributed by atoms with Crippen molar-refractivity contribution in [2.24, 2.45) is 0 Å². The van der Waals surface area contributed by atoms with Gasteiger partial charge in [-0.1, -0.05) is 66.7 Å². The zero-order valence-corrected chi connectivity index (χ0v) is 21.9. The molecule has 0 aliphatic carbocycles. The standard InChI is InChI=1S/C30H23N2O4P2/c33-37(29-15-7-3-11-25(29)23-9-1-5-13-27(23)35-37)31-21-17-19-22(20-18-21)32-38(34)30-16-8-4-12-26(30)24-10-2-6-14-28(24)36-38/h1-20,31,33H,(H,32,34)/q+1. The third kappa shape index (κ3) is 3.77. The monoisotopic (exact) mass is 537 g/mol. The predicted octanol–water partition coefficient (Wildman–Crippen LogP) is 7.23. The molecule has 3 N–H and O–H groups in total. The molecular weight excluding hydrogens is 514 g/mol. The quantitative estimate of drug-likeness (QED) is 0.210. The third-order valence-corrected chi connectivity index (χ3v) is 10.8. The summed E-state index contributed by atoms with van der Waals surface area (Å²) in [7, 11) is -6.64. The first-order valence-electron chi connectivity index (χ1n) is 12.2. The van der Waals surface area contributed by atoms with E-state index >= 15 is 0 Å². The summed E-state index contributed by atoms with van der Waals surface area (Å²) in [6.07, 6.45) is 0. The van der Waals surface area contributed by atoms with Crippen LogP contribution in [0.3, 0.4) is 0 Å². The second kappa shape index (κ2) is 8.75. The lowest BCUT2D eigenvalue weighted by Crippen LogP contribution is -2.27. The highest BCUT2D eigenvalue weighted by Crippen LogP contribution is 2.60. The average Bonchev–Trinajstić information content (AvgIpc) is 2.94. The minimum Gasteiger partial charge on any atom is -0.425 e. The van der Waals surface area contributed by atoms with Crippen LogP contribution in [0.2, 0.25) is 0 Å². The molecule has 0 saturated carbocycles. The van der Waals surface area contributed by atoms with E-state index in [2.05, 4.69) is 10.2 Å². The van der Waals surface area contributed by atoms with Gasteiger partial charge >= 0.3 is 15.4 Å². The fourth-order valence-electron chi connectivity index (χ4n) is 4.97. The second-order valence-corrected chi connectivity index (χ2v) is 13.2. The normalized spacial score (nSPS) is 20.4. The molecule has 5 aromatic rings. The van der Waals surface area contributed by atoms with Crippen LogP contribution in [-0.2, 0) is 4.57 Å². The first-order valence-corrected chi connectivity index (χ1v) is 15.5. The summed E-state index contributed by atoms with van der Waals surface area (Å²) in [5.41, 5.74) is 5.02. The Bertz CT molecular complexity index is 1740. The van der Waals surface area contributed by atoms with Crippen LogP contribution in [0, 0.1) is 0 Å². The molecule has 0 amide bonds. The highest BCUT2D eigenvalue weighted by molar-refractivity contribution is 7.75. The Labute approximate surface area is 221 Å². The lowest BCUT2D eigenvalue weighted by molar-refractivity contribution is 0.475. The topological polar surface area (TPSA) is 79.8 Å². The predicted molar refractivity (Wildman–Crippen MR) is 155 cm³/mol. The molecule has 38 heavy (non-hydrogen) atoms. The molecule has 2 aliphatic heterocycles. The summed E-state index contributed by atoms with van der Waals surface area (Å²) in [6, 6.07) is 37.9. The average molecular weight is 537 g/mol. The summed E-state index contributed by atoms with van der Waals surface area (Å²) in [5, 5.41) is 7.75. The molecule has 2 heterocycles. The number of rotatable bonds is 4. The fraction of sp³-hybridized carbons (Fsp3) is 0. The maximum Gasteiger partial charge on any atom is 0.449 e. The highest BCUT2D eigenvalue weighted by Gasteiger charge is 2.49. The minimum absolute atomic E-state index is 0.584. The lowest BCUT2D eigenvalue weighted by Gasteiger charge is -2.29. The van der Waals surface area contributed by atoms with Gasteiger partial charge in [0.1, 0.15) is 5.75 Å². The van der Waals surface area contributed by atoms with Crippen LogP contribution in [0.4, 0.5) is 11.4 Å². The molecule has 0 spiro atoms. The van der Waals surface area contributed by atoms with Crippen LogP contribution in [-0.4, -0.2) is 4.89 Å². The van der Waals surface area contributed by atoms with Crippen molar-refractivity contribution in [3.63, 3.8) is 0 Å². The van der Waals surface area contributed by atoms with Crippen LogP contribution >= 0.6 is 15.4 Å². The molecule has 0 fully saturated rings. The Hall–Kier alpha value is -4.08. The van der Waals surface area contributed by atoms with Gasteiger partial charge in [0.25, 0.3) is 0 Å². The molecule has 5 aromatic carbocycles. The zero-order chi connectivity index (χ0) is 25.7. The van der Waals surface area contributed by atoms with E-state index in [0.717, 1.165) is 27.6 Å². The molecule has 0 bridgehead atoms. The first kappa shape index (κ1) is 23.1. The van der Waals surface area contributed by atoms with Gasteiger partial charge in [0.15, 0.2) is 11.1 Å². The molecule has 7 rings (SSSR count). The highest BCUT2D eigenvalue weighted by atomic mass is 31.2. The van der Waals surface area contributed by atoms with Crippen LogP contribution in [0.15, 0.2) is 121 Å². The van der Waals surface area contributed by atoms with E-state index in [1.165, 1.54) is 0 Å². The van der Waals surface area contributed by atoms with Gasteiger partial charge in [-0.3, -0.25) is 4.52 Å². The van der Waals surface area contributed by atoms with E-state index < -0.39 is 15.4 Å². The van der Waals surface area contributed by atoms with Crippen molar-refractivity contribution in [1.29, 1.82) is 0 Å². The maximum absolute atomic E-state index is 14.1. The van der Waals surface area contributed by atoms with Crippen molar-refractivity contribution in [3.8, 4) is 33.8 Å². The van der Waals surface area contributed by atoms with Crippen molar-refractivity contribution in [3.05, 3.63) is 121 Å². The molecule has 186 valence electrons. The molecule has 8 heteroatoms. The van der Waals surface area contributed by atoms with Crippen LogP contribution in [0.1, 0.15) is 0 Å². The molecule has 0 saturated heterocycles. The Balaban J connectivity index is 1.17. The molecular formula is C30H23N2O4P2+. The van der Waals surface area contributed by atoms with Gasteiger partial charge in [-0.25, -0.2) is 4.57 Å². The molecule has 2 atom stereocenters. The number of anilines is 2. The van der Waals surface area contributed by atoms with Gasteiger partial charge < -0.3 is 9.61 Å². The molecule has 0 radical (unpaired) electrons. The van der Waals surface area contributed by atoms with Crippen molar-refractivity contribution in [1.82, 2.24) is 0 Å². The third-order valence-electron chi connectivity index (χ3n) is 6.71. The van der Waals surface area contributed by atoms with Crippen LogP contribution in [0.25, 0.3) is 22.3 Å². The van der Waals surface area contributed by atoms with E-state index in [0.29, 0.717) is 28.2 Å². The number of hydrogen-bond donors (Lipinski definition) is 3. The summed E-state index contributed by atoms with van der Waals surface area (Å²) in [6.45, 7) is 0. The second-order valence-electron chi connectivity index (χ2n) is 9.14. The summed E-state index contributed by atoms with van der Waals surface area (Å²) < 4.78 is 26.3. The number of hydrogen-bond acceptors (Lipinski definition) is 5. The number of fused-ring (bicyclic) bond motifs is 6. The van der Waals surface area contributed by atoms with Crippen LogP contribution < -0.4 is 29.8 Å². The Morgan fingerprint density at radius 1 is 0.605 bits per heavy atom. The van der Waals surface area contributed by atoms with Crippen LogP contribution in [0.5, 0.6) is 11.5 Å². The number of para-hydroxylation sites is 2.